The number of unbranched alkanes of at least 4 members (excludes halogenated alkanes) is 1. The number of carbonyl (C=O) groups is 2. The second-order valence-corrected chi connectivity index (χ2v) is 8.15. The van der Waals surface area contributed by atoms with Crippen LogP contribution in [0.4, 0.5) is 10.1 Å². The Balaban J connectivity index is 1.61. The number of benzene rings is 3. The highest BCUT2D eigenvalue weighted by Crippen LogP contribution is 2.32. The number of para-hydroxylation sites is 1. The van der Waals surface area contributed by atoms with Crippen LogP contribution in [0.1, 0.15) is 30.9 Å². The molecule has 3 aromatic carbocycles. The third-order valence-corrected chi connectivity index (χ3v) is 5.46. The third-order valence-electron chi connectivity index (χ3n) is 5.11. The molecule has 37 heavy (non-hydrogen) atoms. The summed E-state index contributed by atoms with van der Waals surface area (Å²) >= 11 is 6.08. The lowest BCUT2D eigenvalue weighted by Crippen LogP contribution is -2.32. The first-order valence-electron chi connectivity index (χ1n) is 11.5. The molecule has 0 unspecified atom stereocenters. The van der Waals surface area contributed by atoms with Gasteiger partial charge >= 0.3 is 11.8 Å². The van der Waals surface area contributed by atoms with Crippen molar-refractivity contribution in [1.82, 2.24) is 5.43 Å². The second-order valence-electron chi connectivity index (χ2n) is 7.75. The van der Waals surface area contributed by atoms with Crippen molar-refractivity contribution < 1.29 is 28.2 Å². The number of hydrogen-bond acceptors (Lipinski definition) is 6. The van der Waals surface area contributed by atoms with E-state index in [1.165, 1.54) is 25.5 Å². The number of nitrogens with zero attached hydrogens (tertiary/aromatic N) is 1. The quantitative estimate of drug-likeness (QED) is 0.152. The highest BCUT2D eigenvalue weighted by Gasteiger charge is 2.15. The van der Waals surface area contributed by atoms with Crippen molar-refractivity contribution in [3.8, 4) is 17.2 Å². The normalized spacial score (nSPS) is 10.7. The van der Waals surface area contributed by atoms with E-state index in [2.05, 4.69) is 22.8 Å². The maximum atomic E-state index is 14.1. The molecule has 10 heteroatoms. The molecule has 0 spiro atoms. The van der Waals surface area contributed by atoms with Crippen molar-refractivity contribution in [2.45, 2.75) is 26.4 Å². The van der Waals surface area contributed by atoms with E-state index in [9.17, 15) is 14.0 Å². The summed E-state index contributed by atoms with van der Waals surface area (Å²) in [6.45, 7) is 2.52. The molecule has 8 nitrogen and oxygen atoms in total. The number of amides is 2. The molecule has 3 rings (SSSR count). The molecule has 0 atom stereocenters. The van der Waals surface area contributed by atoms with Crippen LogP contribution in [0, 0.1) is 5.82 Å². The Morgan fingerprint density at radius 3 is 2.49 bits per heavy atom. The average Bonchev–Trinajstić information content (AvgIpc) is 2.89. The molecule has 194 valence electrons. The largest absolute Gasteiger partial charge is 0.494 e. The van der Waals surface area contributed by atoms with Gasteiger partial charge in [0.05, 0.1) is 25.0 Å². The number of anilines is 1. The van der Waals surface area contributed by atoms with Gasteiger partial charge in [0.1, 0.15) is 18.2 Å². The minimum absolute atomic E-state index is 0.163. The Morgan fingerprint density at radius 1 is 1.03 bits per heavy atom. The average molecular weight is 528 g/mol. The molecule has 2 N–H and O–H groups in total. The van der Waals surface area contributed by atoms with Crippen LogP contribution >= 0.6 is 11.6 Å². The highest BCUT2D eigenvalue weighted by atomic mass is 35.5. The van der Waals surface area contributed by atoms with E-state index >= 15 is 0 Å². The summed E-state index contributed by atoms with van der Waals surface area (Å²) in [6, 6.07) is 16.0. The summed E-state index contributed by atoms with van der Waals surface area (Å²) in [5, 5.41) is 6.56. The van der Waals surface area contributed by atoms with Crippen molar-refractivity contribution in [3.05, 3.63) is 82.6 Å². The van der Waals surface area contributed by atoms with Gasteiger partial charge in [-0.1, -0.05) is 37.1 Å². The minimum atomic E-state index is -0.969. The Bertz CT molecular complexity index is 1230. The van der Waals surface area contributed by atoms with E-state index in [1.54, 1.807) is 48.5 Å². The molecule has 0 radical (unpaired) electrons. The first-order chi connectivity index (χ1) is 17.9. The summed E-state index contributed by atoms with van der Waals surface area (Å²) in [5.74, 6) is -1.07. The van der Waals surface area contributed by atoms with Gasteiger partial charge in [-0.25, -0.2) is 9.82 Å². The lowest BCUT2D eigenvalue weighted by molar-refractivity contribution is -0.136. The fourth-order valence-electron chi connectivity index (χ4n) is 3.13. The van der Waals surface area contributed by atoms with Crippen LogP contribution in [0.5, 0.6) is 17.2 Å². The molecule has 0 saturated carbocycles. The number of carbonyl (C=O) groups excluding carboxylic acids is 2. The monoisotopic (exact) mass is 527 g/mol. The lowest BCUT2D eigenvalue weighted by atomic mass is 10.2. The molecule has 3 aromatic rings. The van der Waals surface area contributed by atoms with E-state index in [1.807, 2.05) is 0 Å². The van der Waals surface area contributed by atoms with Crippen LogP contribution in [0.15, 0.2) is 65.8 Å². The number of hydrazone groups is 1. The molecule has 0 bridgehead atoms. The Kier molecular flexibility index (Phi) is 10.3. The topological polar surface area (TPSA) is 98.2 Å². The third kappa shape index (κ3) is 7.94. The number of halogens is 2. The number of ether oxygens (including phenoxy) is 3. The maximum Gasteiger partial charge on any atom is 0.329 e. The summed E-state index contributed by atoms with van der Waals surface area (Å²) < 4.78 is 30.8. The molecular weight excluding hydrogens is 501 g/mol. The van der Waals surface area contributed by atoms with E-state index in [-0.39, 0.29) is 22.9 Å². The number of methoxy groups -OCH3 is 1. The summed E-state index contributed by atoms with van der Waals surface area (Å²) in [6.07, 6.45) is 3.26. The first-order valence-corrected chi connectivity index (χ1v) is 11.9. The van der Waals surface area contributed by atoms with Gasteiger partial charge in [-0.3, -0.25) is 9.59 Å². The standard InChI is InChI=1S/C27H27ClFN3O5/c1-3-4-15-36-20-13-11-19(12-14-20)31-26(33)27(34)32-30-16-18-7-5-10-24(35-2)25(18)37-17-21-22(28)8-6-9-23(21)29/h5-14,16H,3-4,15,17H2,1-2H3,(H,31,33)(H,32,34)/b30-16-. The van der Waals surface area contributed by atoms with Crippen LogP contribution in [0.2, 0.25) is 5.02 Å². The zero-order valence-corrected chi connectivity index (χ0v) is 21.2. The van der Waals surface area contributed by atoms with Crippen LogP contribution < -0.4 is 25.0 Å². The SMILES string of the molecule is CCCCOc1ccc(NC(=O)C(=O)N/N=C\c2cccc(OC)c2OCc2c(F)cccc2Cl)cc1. The summed E-state index contributed by atoms with van der Waals surface area (Å²) in [4.78, 5) is 24.4. The van der Waals surface area contributed by atoms with Gasteiger partial charge < -0.3 is 19.5 Å². The predicted molar refractivity (Wildman–Crippen MR) is 140 cm³/mol. The van der Waals surface area contributed by atoms with Gasteiger partial charge in [-0.2, -0.15) is 5.10 Å². The predicted octanol–water partition coefficient (Wildman–Crippen LogP) is 5.33. The fraction of sp³-hybridized carbons (Fsp3) is 0.222. The Morgan fingerprint density at radius 2 is 1.78 bits per heavy atom. The number of rotatable bonds is 11. The van der Waals surface area contributed by atoms with Crippen LogP contribution in [-0.4, -0.2) is 31.7 Å². The smallest absolute Gasteiger partial charge is 0.329 e. The van der Waals surface area contributed by atoms with Crippen LogP contribution in [0.25, 0.3) is 0 Å². The van der Waals surface area contributed by atoms with E-state index < -0.39 is 17.6 Å². The van der Waals surface area contributed by atoms with Crippen LogP contribution in [0.3, 0.4) is 0 Å². The second kappa shape index (κ2) is 13.8. The molecule has 0 aliphatic rings. The van der Waals surface area contributed by atoms with E-state index in [0.717, 1.165) is 12.8 Å². The van der Waals surface area contributed by atoms with Crippen molar-refractivity contribution in [2.24, 2.45) is 5.10 Å². The minimum Gasteiger partial charge on any atom is -0.494 e. The number of nitrogens with one attached hydrogen (secondary N) is 2. The van der Waals surface area contributed by atoms with E-state index in [0.29, 0.717) is 29.4 Å². The van der Waals surface area contributed by atoms with Crippen LogP contribution in [-0.2, 0) is 16.2 Å². The molecule has 2 amide bonds. The Labute approximate surface area is 219 Å². The lowest BCUT2D eigenvalue weighted by Gasteiger charge is -2.14. The molecular formula is C27H27ClFN3O5. The molecule has 0 saturated heterocycles. The van der Waals surface area contributed by atoms with Gasteiger partial charge in [0.15, 0.2) is 11.5 Å². The Hall–Kier alpha value is -4.11. The summed E-state index contributed by atoms with van der Waals surface area (Å²) in [7, 11) is 1.45. The highest BCUT2D eigenvalue weighted by molar-refractivity contribution is 6.39. The van der Waals surface area contributed by atoms with Crippen molar-refractivity contribution >= 4 is 35.3 Å². The maximum absolute atomic E-state index is 14.1. The molecule has 0 fully saturated rings. The van der Waals surface area contributed by atoms with Gasteiger partial charge in [0.25, 0.3) is 0 Å². The van der Waals surface area contributed by atoms with Gasteiger partial charge in [0.2, 0.25) is 0 Å². The summed E-state index contributed by atoms with van der Waals surface area (Å²) in [5.41, 5.74) is 3.21. The molecule has 0 aromatic heterocycles. The fourth-order valence-corrected chi connectivity index (χ4v) is 3.35. The van der Waals surface area contributed by atoms with E-state index in [4.69, 9.17) is 25.8 Å². The van der Waals surface area contributed by atoms with Crippen molar-refractivity contribution in [2.75, 3.05) is 19.0 Å². The van der Waals surface area contributed by atoms with Crippen molar-refractivity contribution in [3.63, 3.8) is 0 Å². The van der Waals surface area contributed by atoms with Crippen molar-refractivity contribution in [1.29, 1.82) is 0 Å². The number of hydrogen-bond donors (Lipinski definition) is 2. The molecule has 0 aliphatic carbocycles. The molecule has 0 heterocycles. The first kappa shape index (κ1) is 27.5. The van der Waals surface area contributed by atoms with Gasteiger partial charge in [-0.05, 0) is 55.0 Å². The van der Waals surface area contributed by atoms with Gasteiger partial charge in [0, 0.05) is 16.8 Å². The zero-order valence-electron chi connectivity index (χ0n) is 20.4. The molecule has 0 aliphatic heterocycles. The zero-order chi connectivity index (χ0) is 26.6. The van der Waals surface area contributed by atoms with Gasteiger partial charge in [-0.15, -0.1) is 0 Å².